The van der Waals surface area contributed by atoms with Crippen LogP contribution in [-0.4, -0.2) is 52.6 Å². The molecule has 0 amide bonds. The standard InChI is InChI=1S/C13H20N2O4S/c1-10-9-14-6-7-15(10)20(16,17)13-8-11(18-2)4-5-12(13)19-3/h4-5,8,10,14H,6-7,9H2,1-3H3/t10-/m0/s1. The van der Waals surface area contributed by atoms with E-state index in [0.29, 0.717) is 31.1 Å². The van der Waals surface area contributed by atoms with Crippen LogP contribution < -0.4 is 14.8 Å². The lowest BCUT2D eigenvalue weighted by molar-refractivity contribution is 0.282. The first kappa shape index (κ1) is 15.1. The second-order valence-electron chi connectivity index (χ2n) is 4.69. The number of hydrogen-bond acceptors (Lipinski definition) is 5. The van der Waals surface area contributed by atoms with Gasteiger partial charge in [-0.2, -0.15) is 4.31 Å². The third-order valence-corrected chi connectivity index (χ3v) is 5.43. The molecule has 1 aliphatic rings. The highest BCUT2D eigenvalue weighted by atomic mass is 32.2. The van der Waals surface area contributed by atoms with Gasteiger partial charge in [0.05, 0.1) is 14.2 Å². The van der Waals surface area contributed by atoms with E-state index in [4.69, 9.17) is 9.47 Å². The molecule has 0 bridgehead atoms. The summed E-state index contributed by atoms with van der Waals surface area (Å²) in [5, 5.41) is 3.18. The summed E-state index contributed by atoms with van der Waals surface area (Å²) in [5.41, 5.74) is 0. The lowest BCUT2D eigenvalue weighted by Gasteiger charge is -2.33. The maximum Gasteiger partial charge on any atom is 0.247 e. The van der Waals surface area contributed by atoms with E-state index < -0.39 is 10.0 Å². The molecule has 1 N–H and O–H groups in total. The van der Waals surface area contributed by atoms with Gasteiger partial charge >= 0.3 is 0 Å². The molecular formula is C13H20N2O4S. The largest absolute Gasteiger partial charge is 0.497 e. The van der Waals surface area contributed by atoms with Crippen LogP contribution in [-0.2, 0) is 10.0 Å². The van der Waals surface area contributed by atoms with Crippen LogP contribution in [0.5, 0.6) is 11.5 Å². The van der Waals surface area contributed by atoms with Crippen molar-refractivity contribution in [1.29, 1.82) is 0 Å². The summed E-state index contributed by atoms with van der Waals surface area (Å²) >= 11 is 0. The van der Waals surface area contributed by atoms with E-state index in [9.17, 15) is 8.42 Å². The summed E-state index contributed by atoms with van der Waals surface area (Å²) < 4.78 is 37.4. The number of ether oxygens (including phenoxy) is 2. The van der Waals surface area contributed by atoms with Gasteiger partial charge in [0.2, 0.25) is 10.0 Å². The molecule has 0 aromatic heterocycles. The quantitative estimate of drug-likeness (QED) is 0.886. The zero-order valence-corrected chi connectivity index (χ0v) is 12.7. The van der Waals surface area contributed by atoms with Gasteiger partial charge < -0.3 is 14.8 Å². The highest BCUT2D eigenvalue weighted by molar-refractivity contribution is 7.89. The first-order valence-electron chi connectivity index (χ1n) is 6.45. The smallest absolute Gasteiger partial charge is 0.247 e. The molecule has 1 atom stereocenters. The van der Waals surface area contributed by atoms with Crippen LogP contribution in [0.2, 0.25) is 0 Å². The number of nitrogens with one attached hydrogen (secondary N) is 1. The fourth-order valence-electron chi connectivity index (χ4n) is 2.29. The van der Waals surface area contributed by atoms with E-state index in [1.54, 1.807) is 12.1 Å². The Morgan fingerprint density at radius 2 is 2.05 bits per heavy atom. The van der Waals surface area contributed by atoms with Gasteiger partial charge in [-0.15, -0.1) is 0 Å². The molecule has 0 saturated carbocycles. The molecule has 1 saturated heterocycles. The van der Waals surface area contributed by atoms with Crippen LogP contribution in [0.1, 0.15) is 6.92 Å². The Balaban J connectivity index is 2.47. The van der Waals surface area contributed by atoms with Gasteiger partial charge in [0.15, 0.2) is 0 Å². The Morgan fingerprint density at radius 3 is 2.65 bits per heavy atom. The molecule has 1 aromatic carbocycles. The Labute approximate surface area is 119 Å². The maximum atomic E-state index is 12.8. The van der Waals surface area contributed by atoms with Crippen LogP contribution in [0.25, 0.3) is 0 Å². The molecule has 0 radical (unpaired) electrons. The average Bonchev–Trinajstić information content (AvgIpc) is 2.46. The fraction of sp³-hybridized carbons (Fsp3) is 0.538. The number of benzene rings is 1. The molecule has 1 aromatic rings. The number of sulfonamides is 1. The van der Waals surface area contributed by atoms with E-state index >= 15 is 0 Å². The zero-order chi connectivity index (χ0) is 14.8. The molecule has 112 valence electrons. The van der Waals surface area contributed by atoms with Crippen LogP contribution in [0.4, 0.5) is 0 Å². The molecule has 0 spiro atoms. The van der Waals surface area contributed by atoms with Crippen molar-refractivity contribution in [2.75, 3.05) is 33.9 Å². The lowest BCUT2D eigenvalue weighted by Crippen LogP contribution is -2.52. The van der Waals surface area contributed by atoms with Crippen molar-refractivity contribution < 1.29 is 17.9 Å². The van der Waals surface area contributed by atoms with E-state index in [0.717, 1.165) is 0 Å². The number of methoxy groups -OCH3 is 2. The zero-order valence-electron chi connectivity index (χ0n) is 11.9. The number of piperazine rings is 1. The van der Waals surface area contributed by atoms with Crippen molar-refractivity contribution >= 4 is 10.0 Å². The maximum absolute atomic E-state index is 12.8. The molecule has 20 heavy (non-hydrogen) atoms. The number of nitrogens with zero attached hydrogens (tertiary/aromatic N) is 1. The van der Waals surface area contributed by atoms with E-state index in [1.807, 2.05) is 6.92 Å². The van der Waals surface area contributed by atoms with Crippen LogP contribution in [0.3, 0.4) is 0 Å². The van der Waals surface area contributed by atoms with Crippen molar-refractivity contribution in [2.45, 2.75) is 17.9 Å². The van der Waals surface area contributed by atoms with Crippen molar-refractivity contribution in [2.24, 2.45) is 0 Å². The minimum atomic E-state index is -3.60. The van der Waals surface area contributed by atoms with Gasteiger partial charge in [-0.1, -0.05) is 0 Å². The topological polar surface area (TPSA) is 67.9 Å². The third kappa shape index (κ3) is 2.74. The minimum absolute atomic E-state index is 0.0929. The van der Waals surface area contributed by atoms with Gasteiger partial charge in [0, 0.05) is 31.7 Å². The van der Waals surface area contributed by atoms with E-state index in [2.05, 4.69) is 5.32 Å². The molecular weight excluding hydrogens is 280 g/mol. The van der Waals surface area contributed by atoms with Crippen molar-refractivity contribution in [1.82, 2.24) is 9.62 Å². The Bertz CT molecular complexity index is 574. The van der Waals surface area contributed by atoms with E-state index in [-0.39, 0.29) is 10.9 Å². The summed E-state index contributed by atoms with van der Waals surface area (Å²) in [6.07, 6.45) is 0. The van der Waals surface area contributed by atoms with Gasteiger partial charge in [-0.05, 0) is 19.1 Å². The molecule has 0 unspecified atom stereocenters. The summed E-state index contributed by atoms with van der Waals surface area (Å²) in [7, 11) is -0.632. The molecule has 1 fully saturated rings. The van der Waals surface area contributed by atoms with Crippen LogP contribution >= 0.6 is 0 Å². The SMILES string of the molecule is COc1ccc(OC)c(S(=O)(=O)N2CCNC[C@@H]2C)c1. The van der Waals surface area contributed by atoms with Crippen LogP contribution in [0.15, 0.2) is 23.1 Å². The van der Waals surface area contributed by atoms with Crippen molar-refractivity contribution in [3.05, 3.63) is 18.2 Å². The highest BCUT2D eigenvalue weighted by Gasteiger charge is 2.33. The molecule has 7 heteroatoms. The molecule has 0 aliphatic carbocycles. The minimum Gasteiger partial charge on any atom is -0.497 e. The first-order valence-corrected chi connectivity index (χ1v) is 7.89. The Kier molecular flexibility index (Phi) is 4.52. The predicted molar refractivity (Wildman–Crippen MR) is 75.8 cm³/mol. The monoisotopic (exact) mass is 300 g/mol. The first-order chi connectivity index (χ1) is 9.50. The summed E-state index contributed by atoms with van der Waals surface area (Å²) in [5.74, 6) is 0.823. The number of rotatable bonds is 4. The molecule has 6 nitrogen and oxygen atoms in total. The fourth-order valence-corrected chi connectivity index (χ4v) is 4.09. The van der Waals surface area contributed by atoms with Crippen molar-refractivity contribution in [3.8, 4) is 11.5 Å². The predicted octanol–water partition coefficient (Wildman–Crippen LogP) is 0.686. The average molecular weight is 300 g/mol. The summed E-state index contributed by atoms with van der Waals surface area (Å²) in [4.78, 5) is 0.146. The van der Waals surface area contributed by atoms with Crippen molar-refractivity contribution in [3.63, 3.8) is 0 Å². The Morgan fingerprint density at radius 1 is 1.30 bits per heavy atom. The van der Waals surface area contributed by atoms with Gasteiger partial charge in [-0.25, -0.2) is 8.42 Å². The van der Waals surface area contributed by atoms with E-state index in [1.165, 1.54) is 24.6 Å². The molecule has 1 aliphatic heterocycles. The van der Waals surface area contributed by atoms with Gasteiger partial charge in [0.25, 0.3) is 0 Å². The summed E-state index contributed by atoms with van der Waals surface area (Å²) in [6.45, 7) is 3.63. The molecule has 1 heterocycles. The highest BCUT2D eigenvalue weighted by Crippen LogP contribution is 2.31. The second kappa shape index (κ2) is 5.99. The van der Waals surface area contributed by atoms with Gasteiger partial charge in [0.1, 0.15) is 16.4 Å². The third-order valence-electron chi connectivity index (χ3n) is 3.40. The summed E-state index contributed by atoms with van der Waals surface area (Å²) in [6, 6.07) is 4.70. The molecule has 2 rings (SSSR count). The van der Waals surface area contributed by atoms with Gasteiger partial charge in [-0.3, -0.25) is 0 Å². The van der Waals surface area contributed by atoms with Crippen LogP contribution in [0, 0.1) is 0 Å². The number of hydrogen-bond donors (Lipinski definition) is 1. The lowest BCUT2D eigenvalue weighted by atomic mass is 10.3. The Hall–Kier alpha value is -1.31. The normalized spacial score (nSPS) is 20.6. The second-order valence-corrected chi connectivity index (χ2v) is 6.54.